The van der Waals surface area contributed by atoms with Gasteiger partial charge < -0.3 is 9.80 Å². The minimum absolute atomic E-state index is 0.373. The van der Waals surface area contributed by atoms with Crippen molar-refractivity contribution in [3.8, 4) is 0 Å². The number of benzene rings is 1. The summed E-state index contributed by atoms with van der Waals surface area (Å²) in [6.45, 7) is 8.23. The number of aromatic nitrogens is 2. The van der Waals surface area contributed by atoms with Gasteiger partial charge in [0.05, 0.1) is 4.90 Å². The van der Waals surface area contributed by atoms with Gasteiger partial charge in [-0.2, -0.15) is 4.31 Å². The maximum Gasteiger partial charge on any atom is 0.243 e. The van der Waals surface area contributed by atoms with Crippen LogP contribution in [0.4, 0.5) is 11.6 Å². The molecule has 0 bridgehead atoms. The summed E-state index contributed by atoms with van der Waals surface area (Å²) in [6, 6.07) is 9.28. The lowest BCUT2D eigenvalue weighted by Gasteiger charge is -2.35. The minimum atomic E-state index is -3.46. The summed E-state index contributed by atoms with van der Waals surface area (Å²) in [5.41, 5.74) is 1.14. The number of hydrogen-bond acceptors (Lipinski definition) is 6. The summed E-state index contributed by atoms with van der Waals surface area (Å²) in [5, 5.41) is 0. The smallest absolute Gasteiger partial charge is 0.243 e. The third-order valence-electron chi connectivity index (χ3n) is 5.77. The Labute approximate surface area is 173 Å². The van der Waals surface area contributed by atoms with Crippen LogP contribution in [-0.2, 0) is 16.4 Å². The molecule has 8 heteroatoms. The van der Waals surface area contributed by atoms with Crippen LogP contribution in [0.3, 0.4) is 0 Å². The van der Waals surface area contributed by atoms with Crippen molar-refractivity contribution < 1.29 is 8.42 Å². The first kappa shape index (κ1) is 20.1. The monoisotopic (exact) mass is 415 g/mol. The molecule has 2 aromatic rings. The highest BCUT2D eigenvalue weighted by Gasteiger charge is 2.29. The molecule has 0 spiro atoms. The molecule has 3 heterocycles. The van der Waals surface area contributed by atoms with Crippen molar-refractivity contribution in [2.45, 2.75) is 38.0 Å². The highest BCUT2D eigenvalue weighted by molar-refractivity contribution is 7.89. The van der Waals surface area contributed by atoms with E-state index in [0.717, 1.165) is 42.5 Å². The van der Waals surface area contributed by atoms with Gasteiger partial charge in [0.2, 0.25) is 10.0 Å². The Morgan fingerprint density at radius 3 is 1.97 bits per heavy atom. The summed E-state index contributed by atoms with van der Waals surface area (Å²) < 4.78 is 27.6. The molecular weight excluding hydrogens is 386 g/mol. The quantitative estimate of drug-likeness (QED) is 0.747. The van der Waals surface area contributed by atoms with E-state index in [2.05, 4.69) is 26.7 Å². The van der Waals surface area contributed by atoms with Crippen molar-refractivity contribution in [3.05, 3.63) is 41.7 Å². The van der Waals surface area contributed by atoms with E-state index in [-0.39, 0.29) is 0 Å². The van der Waals surface area contributed by atoms with E-state index < -0.39 is 10.0 Å². The Bertz CT molecular complexity index is 948. The lowest BCUT2D eigenvalue weighted by molar-refractivity contribution is 0.383. The Kier molecular flexibility index (Phi) is 5.74. The molecule has 0 aliphatic carbocycles. The number of rotatable bonds is 5. The van der Waals surface area contributed by atoms with Crippen molar-refractivity contribution >= 4 is 21.7 Å². The molecule has 0 saturated carbocycles. The molecule has 2 saturated heterocycles. The van der Waals surface area contributed by atoms with Crippen LogP contribution in [-0.4, -0.2) is 62.0 Å². The van der Waals surface area contributed by atoms with E-state index in [9.17, 15) is 8.42 Å². The Morgan fingerprint density at radius 1 is 0.862 bits per heavy atom. The van der Waals surface area contributed by atoms with Gasteiger partial charge in [-0.15, -0.1) is 0 Å². The van der Waals surface area contributed by atoms with Crippen LogP contribution in [0.1, 0.15) is 31.2 Å². The van der Waals surface area contributed by atoms with Gasteiger partial charge in [-0.3, -0.25) is 0 Å². The van der Waals surface area contributed by atoms with Crippen molar-refractivity contribution in [2.75, 3.05) is 49.1 Å². The van der Waals surface area contributed by atoms with Crippen LogP contribution < -0.4 is 9.80 Å². The second-order valence-corrected chi connectivity index (χ2v) is 9.65. The molecule has 0 amide bonds. The van der Waals surface area contributed by atoms with Gasteiger partial charge in [0, 0.05) is 45.3 Å². The van der Waals surface area contributed by atoms with Gasteiger partial charge >= 0.3 is 0 Å². The number of piperazine rings is 1. The van der Waals surface area contributed by atoms with Crippen LogP contribution in [0.15, 0.2) is 35.2 Å². The lowest BCUT2D eigenvalue weighted by Crippen LogP contribution is -2.49. The number of aryl methyl sites for hydroxylation is 2. The number of nitrogens with zero attached hydrogens (tertiary/aromatic N) is 5. The maximum atomic E-state index is 13.0. The normalized spacial score (nSPS) is 18.4. The average Bonchev–Trinajstić information content (AvgIpc) is 3.28. The summed E-state index contributed by atoms with van der Waals surface area (Å²) in [4.78, 5) is 14.1. The molecule has 2 aliphatic rings. The fraction of sp³-hybridized carbons (Fsp3) is 0.524. The molecule has 0 radical (unpaired) electrons. The molecular formula is C21H29N5O2S. The van der Waals surface area contributed by atoms with E-state index in [0.29, 0.717) is 31.1 Å². The first-order valence-corrected chi connectivity index (χ1v) is 11.9. The number of hydrogen-bond donors (Lipinski definition) is 0. The maximum absolute atomic E-state index is 13.0. The SMILES string of the molecule is CCc1ccc(S(=O)(=O)N2CCN(c3cc(N4CCCC4)nc(C)n3)CC2)cc1. The molecule has 1 aromatic carbocycles. The average molecular weight is 416 g/mol. The molecule has 0 unspecified atom stereocenters. The second kappa shape index (κ2) is 8.28. The van der Waals surface area contributed by atoms with Gasteiger partial charge in [-0.1, -0.05) is 19.1 Å². The summed E-state index contributed by atoms with van der Waals surface area (Å²) in [6.07, 6.45) is 3.30. The standard InChI is InChI=1S/C21H29N5O2S/c1-3-18-6-8-19(9-7-18)29(27,28)26-14-12-25(13-15-26)21-16-20(22-17(2)23-21)24-10-4-5-11-24/h6-9,16H,3-5,10-15H2,1-2H3. The summed E-state index contributed by atoms with van der Waals surface area (Å²) in [7, 11) is -3.46. The van der Waals surface area contributed by atoms with Crippen molar-refractivity contribution in [3.63, 3.8) is 0 Å². The molecule has 29 heavy (non-hydrogen) atoms. The zero-order chi connectivity index (χ0) is 20.4. The molecule has 156 valence electrons. The molecule has 0 atom stereocenters. The highest BCUT2D eigenvalue weighted by atomic mass is 32.2. The Morgan fingerprint density at radius 2 is 1.41 bits per heavy atom. The first-order valence-electron chi connectivity index (χ1n) is 10.4. The van der Waals surface area contributed by atoms with Gasteiger partial charge in [-0.05, 0) is 43.9 Å². The van der Waals surface area contributed by atoms with E-state index >= 15 is 0 Å². The molecule has 2 aliphatic heterocycles. The summed E-state index contributed by atoms with van der Waals surface area (Å²) in [5.74, 6) is 2.63. The first-order chi connectivity index (χ1) is 14.0. The predicted molar refractivity (Wildman–Crippen MR) is 115 cm³/mol. The largest absolute Gasteiger partial charge is 0.356 e. The third kappa shape index (κ3) is 4.23. The zero-order valence-corrected chi connectivity index (χ0v) is 18.0. The van der Waals surface area contributed by atoms with Crippen molar-refractivity contribution in [1.29, 1.82) is 0 Å². The van der Waals surface area contributed by atoms with E-state index in [1.807, 2.05) is 25.1 Å². The number of anilines is 2. The topological polar surface area (TPSA) is 69.6 Å². The molecule has 7 nitrogen and oxygen atoms in total. The van der Waals surface area contributed by atoms with Crippen LogP contribution in [0.25, 0.3) is 0 Å². The van der Waals surface area contributed by atoms with Gasteiger partial charge in [0.25, 0.3) is 0 Å². The zero-order valence-electron chi connectivity index (χ0n) is 17.2. The lowest BCUT2D eigenvalue weighted by atomic mass is 10.2. The molecule has 0 N–H and O–H groups in total. The predicted octanol–water partition coefficient (Wildman–Crippen LogP) is 2.46. The van der Waals surface area contributed by atoms with Crippen molar-refractivity contribution in [1.82, 2.24) is 14.3 Å². The third-order valence-corrected chi connectivity index (χ3v) is 7.69. The van der Waals surface area contributed by atoms with Crippen LogP contribution in [0, 0.1) is 6.92 Å². The molecule has 4 rings (SSSR count). The van der Waals surface area contributed by atoms with Gasteiger partial charge in [-0.25, -0.2) is 18.4 Å². The van der Waals surface area contributed by atoms with Gasteiger partial charge in [0.1, 0.15) is 17.5 Å². The van der Waals surface area contributed by atoms with Gasteiger partial charge in [0.15, 0.2) is 0 Å². The number of sulfonamides is 1. The van der Waals surface area contributed by atoms with Crippen LogP contribution in [0.2, 0.25) is 0 Å². The Balaban J connectivity index is 1.46. The minimum Gasteiger partial charge on any atom is -0.356 e. The van der Waals surface area contributed by atoms with E-state index in [4.69, 9.17) is 0 Å². The van der Waals surface area contributed by atoms with E-state index in [1.54, 1.807) is 16.4 Å². The fourth-order valence-electron chi connectivity index (χ4n) is 4.01. The van der Waals surface area contributed by atoms with E-state index in [1.165, 1.54) is 12.8 Å². The van der Waals surface area contributed by atoms with Crippen molar-refractivity contribution in [2.24, 2.45) is 0 Å². The highest BCUT2D eigenvalue weighted by Crippen LogP contribution is 2.25. The van der Waals surface area contributed by atoms with Crippen LogP contribution >= 0.6 is 0 Å². The molecule has 2 fully saturated rings. The molecule has 1 aromatic heterocycles. The summed E-state index contributed by atoms with van der Waals surface area (Å²) >= 11 is 0. The van der Waals surface area contributed by atoms with Crippen LogP contribution in [0.5, 0.6) is 0 Å². The Hall–Kier alpha value is -2.19. The second-order valence-electron chi connectivity index (χ2n) is 7.71. The fourth-order valence-corrected chi connectivity index (χ4v) is 5.43.